The number of aliphatic hydroxyl groups is 1. The molecule has 0 radical (unpaired) electrons. The van der Waals surface area contributed by atoms with E-state index in [1.807, 2.05) is 13.0 Å². The van der Waals surface area contributed by atoms with Crippen LogP contribution in [0.15, 0.2) is 23.8 Å². The second-order valence-electron chi connectivity index (χ2n) is 1.91. The Kier molecular flexibility index (Phi) is 6.08. The Labute approximate surface area is 60.9 Å². The number of hydrogen-bond donors (Lipinski definition) is 1. The fraction of sp³-hybridized carbons (Fsp3) is 0.500. The minimum Gasteiger partial charge on any atom is -0.392 e. The molecule has 1 nitrogen and oxygen atoms in total. The molecule has 0 saturated carbocycles. The first-order chi connectivity index (χ1) is 4.85. The van der Waals surface area contributed by atoms with Crippen LogP contribution in [-0.2, 0) is 0 Å². The van der Waals surface area contributed by atoms with Crippen molar-refractivity contribution in [2.24, 2.45) is 0 Å². The molecule has 0 heterocycles. The zero-order valence-corrected chi connectivity index (χ0v) is 6.18. The fourth-order valence-electron chi connectivity index (χ4n) is 0.639. The Morgan fingerprint density at radius 2 is 2.30 bits per heavy atom. The van der Waals surface area contributed by atoms with Crippen LogP contribution in [-0.4, -0.2) is 18.4 Å². The molecule has 0 fully saturated rings. The lowest BCUT2D eigenvalue weighted by molar-refractivity contribution is 0.334. The van der Waals surface area contributed by atoms with Gasteiger partial charge in [-0.15, -0.1) is 0 Å². The van der Waals surface area contributed by atoms with Crippen LogP contribution in [0, 0.1) is 0 Å². The van der Waals surface area contributed by atoms with E-state index in [2.05, 4.69) is 0 Å². The normalized spacial score (nSPS) is 12.9. The smallest absolute Gasteiger partial charge is 0.0929 e. The van der Waals surface area contributed by atoms with Gasteiger partial charge in [0.05, 0.1) is 13.3 Å². The van der Waals surface area contributed by atoms with E-state index in [-0.39, 0.29) is 13.3 Å². The molecule has 0 atom stereocenters. The molecule has 0 aromatic carbocycles. The van der Waals surface area contributed by atoms with E-state index in [1.54, 1.807) is 12.2 Å². The van der Waals surface area contributed by atoms with Crippen LogP contribution in [0.2, 0.25) is 0 Å². The van der Waals surface area contributed by atoms with Gasteiger partial charge >= 0.3 is 0 Å². The van der Waals surface area contributed by atoms with Crippen molar-refractivity contribution in [1.82, 2.24) is 0 Å². The van der Waals surface area contributed by atoms with Crippen LogP contribution in [0.3, 0.4) is 0 Å². The predicted octanol–water partition coefficient (Wildman–Crippen LogP) is 1.84. The summed E-state index contributed by atoms with van der Waals surface area (Å²) in [6.45, 7) is 1.49. The summed E-state index contributed by atoms with van der Waals surface area (Å²) in [6.07, 6.45) is 5.68. The molecule has 0 rings (SSSR count). The predicted molar refractivity (Wildman–Crippen MR) is 40.6 cm³/mol. The van der Waals surface area contributed by atoms with E-state index in [0.717, 1.165) is 5.57 Å². The molecule has 0 saturated heterocycles. The number of halogens is 1. The Hall–Kier alpha value is -0.630. The SMILES string of the molecule is C/C=C\C(=C/CCF)CO. The summed E-state index contributed by atoms with van der Waals surface area (Å²) in [5, 5.41) is 8.64. The number of aliphatic hydroxyl groups excluding tert-OH is 1. The van der Waals surface area contributed by atoms with Gasteiger partial charge in [-0.2, -0.15) is 0 Å². The molecule has 0 aliphatic rings. The van der Waals surface area contributed by atoms with E-state index in [1.165, 1.54) is 0 Å². The molecule has 0 aliphatic heterocycles. The second kappa shape index (κ2) is 6.49. The monoisotopic (exact) mass is 144 g/mol. The minimum atomic E-state index is -0.360. The van der Waals surface area contributed by atoms with E-state index >= 15 is 0 Å². The van der Waals surface area contributed by atoms with Crippen LogP contribution in [0.5, 0.6) is 0 Å². The summed E-state index contributed by atoms with van der Waals surface area (Å²) in [5.74, 6) is 0. The van der Waals surface area contributed by atoms with Crippen LogP contribution in [0.25, 0.3) is 0 Å². The average Bonchev–Trinajstić information content (AvgIpc) is 1.98. The van der Waals surface area contributed by atoms with Crippen molar-refractivity contribution in [3.8, 4) is 0 Å². The Bertz CT molecular complexity index is 127. The van der Waals surface area contributed by atoms with Gasteiger partial charge in [0, 0.05) is 0 Å². The third-order valence-corrected chi connectivity index (χ3v) is 1.08. The van der Waals surface area contributed by atoms with Gasteiger partial charge in [0.2, 0.25) is 0 Å². The fourth-order valence-corrected chi connectivity index (χ4v) is 0.639. The lowest BCUT2D eigenvalue weighted by Crippen LogP contribution is -1.86. The highest BCUT2D eigenvalue weighted by Crippen LogP contribution is 1.97. The first-order valence-corrected chi connectivity index (χ1v) is 3.33. The number of rotatable bonds is 4. The highest BCUT2D eigenvalue weighted by Gasteiger charge is 1.86. The van der Waals surface area contributed by atoms with Crippen molar-refractivity contribution in [2.75, 3.05) is 13.3 Å². The third-order valence-electron chi connectivity index (χ3n) is 1.08. The maximum atomic E-state index is 11.6. The van der Waals surface area contributed by atoms with Crippen molar-refractivity contribution >= 4 is 0 Å². The molecule has 10 heavy (non-hydrogen) atoms. The van der Waals surface area contributed by atoms with Gasteiger partial charge in [-0.1, -0.05) is 18.2 Å². The van der Waals surface area contributed by atoms with Gasteiger partial charge in [0.15, 0.2) is 0 Å². The number of allylic oxidation sites excluding steroid dienone is 2. The first-order valence-electron chi connectivity index (χ1n) is 3.33. The van der Waals surface area contributed by atoms with Gasteiger partial charge in [-0.3, -0.25) is 4.39 Å². The molecule has 0 aromatic rings. The summed E-state index contributed by atoms with van der Waals surface area (Å²) >= 11 is 0. The molecule has 0 aliphatic carbocycles. The highest BCUT2D eigenvalue weighted by atomic mass is 19.1. The summed E-state index contributed by atoms with van der Waals surface area (Å²) in [6, 6.07) is 0. The molecule has 0 unspecified atom stereocenters. The van der Waals surface area contributed by atoms with E-state index in [9.17, 15) is 4.39 Å². The molecule has 0 bridgehead atoms. The summed E-state index contributed by atoms with van der Waals surface area (Å²) < 4.78 is 11.6. The first kappa shape index (κ1) is 9.37. The van der Waals surface area contributed by atoms with Gasteiger partial charge in [0.1, 0.15) is 0 Å². The van der Waals surface area contributed by atoms with Crippen LogP contribution < -0.4 is 0 Å². The largest absolute Gasteiger partial charge is 0.392 e. The van der Waals surface area contributed by atoms with Gasteiger partial charge in [0.25, 0.3) is 0 Å². The molecule has 58 valence electrons. The lowest BCUT2D eigenvalue weighted by Gasteiger charge is -1.93. The number of alkyl halides is 1. The Morgan fingerprint density at radius 3 is 2.70 bits per heavy atom. The van der Waals surface area contributed by atoms with Gasteiger partial charge < -0.3 is 5.11 Å². The molecule has 2 heteroatoms. The molecule has 0 aromatic heterocycles. The maximum absolute atomic E-state index is 11.6. The van der Waals surface area contributed by atoms with Crippen molar-refractivity contribution in [3.05, 3.63) is 23.8 Å². The van der Waals surface area contributed by atoms with Crippen molar-refractivity contribution < 1.29 is 9.50 Å². The van der Waals surface area contributed by atoms with Gasteiger partial charge in [-0.25, -0.2) is 0 Å². The molecule has 0 amide bonds. The third kappa shape index (κ3) is 4.27. The summed E-state index contributed by atoms with van der Waals surface area (Å²) in [5.41, 5.74) is 0.778. The van der Waals surface area contributed by atoms with Crippen molar-refractivity contribution in [1.29, 1.82) is 0 Å². The Morgan fingerprint density at radius 1 is 1.60 bits per heavy atom. The second-order valence-corrected chi connectivity index (χ2v) is 1.91. The molecule has 1 N–H and O–H groups in total. The van der Waals surface area contributed by atoms with E-state index < -0.39 is 0 Å². The quantitative estimate of drug-likeness (QED) is 0.597. The molecular weight excluding hydrogens is 131 g/mol. The van der Waals surface area contributed by atoms with E-state index in [4.69, 9.17) is 5.11 Å². The standard InChI is InChI=1S/C8H13FO/c1-2-4-8(7-10)5-3-6-9/h2,4-5,10H,3,6-7H2,1H3/b4-2-,8-5+. The van der Waals surface area contributed by atoms with Crippen LogP contribution in [0.1, 0.15) is 13.3 Å². The highest BCUT2D eigenvalue weighted by molar-refractivity contribution is 5.18. The minimum absolute atomic E-state index is 0.00958. The average molecular weight is 144 g/mol. The topological polar surface area (TPSA) is 20.2 Å². The van der Waals surface area contributed by atoms with Crippen molar-refractivity contribution in [2.45, 2.75) is 13.3 Å². The molecular formula is C8H13FO. The summed E-state index contributed by atoms with van der Waals surface area (Å²) in [7, 11) is 0. The molecule has 0 spiro atoms. The van der Waals surface area contributed by atoms with Gasteiger partial charge in [-0.05, 0) is 18.9 Å². The Balaban J connectivity index is 3.78. The zero-order valence-electron chi connectivity index (χ0n) is 6.18. The number of hydrogen-bond acceptors (Lipinski definition) is 1. The maximum Gasteiger partial charge on any atom is 0.0929 e. The zero-order chi connectivity index (χ0) is 7.82. The van der Waals surface area contributed by atoms with Crippen molar-refractivity contribution in [3.63, 3.8) is 0 Å². The van der Waals surface area contributed by atoms with Crippen LogP contribution >= 0.6 is 0 Å². The van der Waals surface area contributed by atoms with E-state index in [0.29, 0.717) is 6.42 Å². The van der Waals surface area contributed by atoms with Crippen LogP contribution in [0.4, 0.5) is 4.39 Å². The lowest BCUT2D eigenvalue weighted by atomic mass is 10.2. The summed E-state index contributed by atoms with van der Waals surface area (Å²) in [4.78, 5) is 0.